The molecular weight excluding hydrogens is 320 g/mol. The van der Waals surface area contributed by atoms with E-state index in [1.165, 1.54) is 0 Å². The molecule has 0 saturated carbocycles. The Morgan fingerprint density at radius 2 is 0.429 bits per heavy atom. The van der Waals surface area contributed by atoms with Crippen molar-refractivity contribution >= 4 is 40.5 Å². The molecule has 0 saturated heterocycles. The van der Waals surface area contributed by atoms with Gasteiger partial charge in [-0.2, -0.15) is 0 Å². The maximum absolute atomic E-state index is 0. The Morgan fingerprint density at radius 3 is 0.429 bits per heavy atom. The van der Waals surface area contributed by atoms with E-state index in [1.54, 1.807) is 0 Å². The van der Waals surface area contributed by atoms with Gasteiger partial charge in [0.25, 0.3) is 0 Å². The van der Waals surface area contributed by atoms with E-state index in [1.807, 2.05) is 0 Å². The predicted octanol–water partition coefficient (Wildman–Crippen LogP) is -0.0172. The molecule has 0 aromatic heterocycles. The van der Waals surface area contributed by atoms with Gasteiger partial charge >= 0.3 is 17.1 Å². The van der Waals surface area contributed by atoms with Gasteiger partial charge in [0.05, 0.1) is 0 Å². The zero-order valence-corrected chi connectivity index (χ0v) is 9.51. The minimum absolute atomic E-state index is 0. The maximum atomic E-state index is 0. The zero-order chi connectivity index (χ0) is 0. The third-order valence-corrected chi connectivity index (χ3v) is 0. The van der Waals surface area contributed by atoms with Crippen LogP contribution in [0.2, 0.25) is 0 Å². The second-order valence-electron chi connectivity index (χ2n) is 0. The molecule has 0 aliphatic carbocycles. The summed E-state index contributed by atoms with van der Waals surface area (Å²) in [6.07, 6.45) is 0. The van der Waals surface area contributed by atoms with Gasteiger partial charge in [0, 0.05) is 51.2 Å². The van der Waals surface area contributed by atoms with Crippen molar-refractivity contribution in [2.24, 2.45) is 0 Å². The summed E-state index contributed by atoms with van der Waals surface area (Å²) in [6.45, 7) is 0. The van der Waals surface area contributed by atoms with Gasteiger partial charge < -0.3 is 40.5 Å². The number of hydrogen-bond acceptors (Lipinski definition) is 3. The first-order chi connectivity index (χ1) is 0. The summed E-state index contributed by atoms with van der Waals surface area (Å²) in [5.41, 5.74) is 0. The summed E-state index contributed by atoms with van der Waals surface area (Å²) in [5, 5.41) is 0. The third-order valence-electron chi connectivity index (χ3n) is 0. The topological polar surface area (TPSA) is 0 Å². The second-order valence-corrected chi connectivity index (χ2v) is 0. The zero-order valence-electron chi connectivity index (χ0n) is 2.64. The minimum Gasteiger partial charge on any atom is -1.00 e. The number of hydrogen-bond donors (Lipinski definition) is 0. The van der Waals surface area contributed by atoms with Gasteiger partial charge in [-0.25, -0.2) is 0 Å². The van der Waals surface area contributed by atoms with Gasteiger partial charge in [0.1, 0.15) is 0 Å². The van der Waals surface area contributed by atoms with Gasteiger partial charge in [0.15, 0.2) is 0 Å². The Kier molecular flexibility index (Phi) is 759. The third kappa shape index (κ3) is 47.4. The van der Waals surface area contributed by atoms with Crippen molar-refractivity contribution in [1.82, 2.24) is 0 Å². The monoisotopic (exact) mass is 320 g/mol. The van der Waals surface area contributed by atoms with Crippen molar-refractivity contribution < 1.29 is 68.3 Å². The van der Waals surface area contributed by atoms with Gasteiger partial charge in [0.2, 0.25) is 0 Å². The first-order valence-electron chi connectivity index (χ1n) is 0. The van der Waals surface area contributed by atoms with Crippen LogP contribution in [0.15, 0.2) is 0 Å². The molecule has 0 unspecified atom stereocenters. The Morgan fingerprint density at radius 1 is 0.429 bits per heavy atom. The average Bonchev–Trinajstić information content (AvgIpc) is 0. The molecule has 0 spiro atoms. The second kappa shape index (κ2) is 61.6. The molecule has 51 valence electrons. The van der Waals surface area contributed by atoms with E-state index in [0.29, 0.717) is 0 Å². The molecule has 0 heterocycles. The molecule has 0 bridgehead atoms. The normalized spacial score (nSPS) is 0. The van der Waals surface area contributed by atoms with Crippen LogP contribution in [0.1, 0.15) is 0 Å². The van der Waals surface area contributed by atoms with Crippen LogP contribution in [0.4, 0.5) is 0 Å². The van der Waals surface area contributed by atoms with Crippen molar-refractivity contribution in [3.05, 3.63) is 0 Å². The number of rotatable bonds is 0. The molecule has 0 rings (SSSR count). The molecule has 0 aliphatic rings. The van der Waals surface area contributed by atoms with Crippen LogP contribution >= 0.6 is 0 Å². The van der Waals surface area contributed by atoms with Crippen molar-refractivity contribution in [2.75, 3.05) is 0 Å². The molecule has 0 aliphatic heterocycles. The van der Waals surface area contributed by atoms with Gasteiger partial charge in [-0.3, -0.25) is 0 Å². The molecule has 0 aromatic carbocycles. The summed E-state index contributed by atoms with van der Waals surface area (Å²) >= 11 is 0. The Bertz CT molecular complexity index is 6.90. The Balaban J connectivity index is 0. The molecule has 0 amide bonds. The fraction of sp³-hybridized carbons (Fsp3) is 0. The van der Waals surface area contributed by atoms with Crippen LogP contribution in [-0.4, -0.2) is 0 Å². The summed E-state index contributed by atoms with van der Waals surface area (Å²) < 4.78 is 0. The maximum Gasteiger partial charge on any atom is 2.00 e. The fourth-order valence-corrected chi connectivity index (χ4v) is 0. The van der Waals surface area contributed by atoms with E-state index in [4.69, 9.17) is 0 Å². The van der Waals surface area contributed by atoms with Crippen molar-refractivity contribution in [3.63, 3.8) is 0 Å². The SMILES string of the molecule is [Fe+2].[Fe].[Fe].[Fe].[S-].[S-].[S-]. The predicted molar refractivity (Wildman–Crippen MR) is 22.1 cm³/mol. The van der Waals surface area contributed by atoms with Gasteiger partial charge in [-0.1, -0.05) is 0 Å². The van der Waals surface area contributed by atoms with E-state index in [9.17, 15) is 0 Å². The molecule has 7 heavy (non-hydrogen) atoms. The van der Waals surface area contributed by atoms with Crippen LogP contribution in [0, 0.1) is 0 Å². The van der Waals surface area contributed by atoms with E-state index in [-0.39, 0.29) is 109 Å². The molecule has 7 heteroatoms. The molecule has 3 radical (unpaired) electrons. The molecule has 0 aromatic rings. The van der Waals surface area contributed by atoms with Crippen LogP contribution in [0.25, 0.3) is 0 Å². The van der Waals surface area contributed by atoms with Crippen LogP contribution < -0.4 is 0 Å². The van der Waals surface area contributed by atoms with Gasteiger partial charge in [-0.05, 0) is 0 Å². The van der Waals surface area contributed by atoms with Crippen LogP contribution in [-0.2, 0) is 109 Å². The van der Waals surface area contributed by atoms with Crippen molar-refractivity contribution in [2.45, 2.75) is 0 Å². The summed E-state index contributed by atoms with van der Waals surface area (Å²) in [7, 11) is 0. The van der Waals surface area contributed by atoms with E-state index >= 15 is 0 Å². The smallest absolute Gasteiger partial charge is 1.00 e. The van der Waals surface area contributed by atoms with E-state index in [2.05, 4.69) is 0 Å². The van der Waals surface area contributed by atoms with Crippen LogP contribution in [0.3, 0.4) is 0 Å². The molecule has 0 N–H and O–H groups in total. The first-order valence-corrected chi connectivity index (χ1v) is 0. The Hall–Kier alpha value is 3.13. The average molecular weight is 320 g/mol. The quantitative estimate of drug-likeness (QED) is 0.435. The largest absolute Gasteiger partial charge is 2.00 e. The first kappa shape index (κ1) is 86.2. The molecular formula is Fe4S3-. The van der Waals surface area contributed by atoms with Crippen molar-refractivity contribution in [3.8, 4) is 0 Å². The summed E-state index contributed by atoms with van der Waals surface area (Å²) in [5.74, 6) is 0. The summed E-state index contributed by atoms with van der Waals surface area (Å²) in [4.78, 5) is 0. The fourth-order valence-electron chi connectivity index (χ4n) is 0. The summed E-state index contributed by atoms with van der Waals surface area (Å²) in [6, 6.07) is 0. The Labute approximate surface area is 107 Å². The van der Waals surface area contributed by atoms with E-state index in [0.717, 1.165) is 0 Å². The van der Waals surface area contributed by atoms with E-state index < -0.39 is 0 Å². The molecule has 0 fully saturated rings. The van der Waals surface area contributed by atoms with Gasteiger partial charge in [-0.15, -0.1) is 0 Å². The van der Waals surface area contributed by atoms with Crippen LogP contribution in [0.5, 0.6) is 0 Å². The minimum atomic E-state index is 0. The molecule has 0 nitrogen and oxygen atoms in total. The standard InChI is InChI=1S/4Fe.3S/q;;;+2;3*-1. The molecule has 0 atom stereocenters. The van der Waals surface area contributed by atoms with Crippen molar-refractivity contribution in [1.29, 1.82) is 0 Å².